The quantitative estimate of drug-likeness (QED) is 0.257. The summed E-state index contributed by atoms with van der Waals surface area (Å²) in [6.45, 7) is 2.51. The molecule has 2 aromatic heterocycles. The molecule has 3 aromatic rings. The first-order valence-corrected chi connectivity index (χ1v) is 11.8. The summed E-state index contributed by atoms with van der Waals surface area (Å²) in [6, 6.07) is 5.91. The average molecular weight is 506 g/mol. The van der Waals surface area contributed by atoms with Crippen LogP contribution in [-0.4, -0.2) is 68.0 Å². The maximum Gasteiger partial charge on any atom is 0.362 e. The summed E-state index contributed by atoms with van der Waals surface area (Å²) in [5, 5.41) is 22.8. The van der Waals surface area contributed by atoms with Crippen molar-refractivity contribution in [1.82, 2.24) is 24.2 Å². The van der Waals surface area contributed by atoms with E-state index >= 15 is 0 Å². The first-order chi connectivity index (χ1) is 16.3. The number of nitrogens with one attached hydrogen (secondary N) is 1. The van der Waals surface area contributed by atoms with E-state index in [-0.39, 0.29) is 28.2 Å². The second-order valence-electron chi connectivity index (χ2n) is 8.97. The summed E-state index contributed by atoms with van der Waals surface area (Å²) < 4.78 is 38.8. The fraction of sp³-hybridized carbons (Fsp3) is 0.400. The van der Waals surface area contributed by atoms with Crippen molar-refractivity contribution in [3.8, 4) is 0 Å². The number of hydrogen-bond donors (Lipinski definition) is 5. The number of nitrogens with zero attached hydrogens (tertiary/aromatic N) is 4. The van der Waals surface area contributed by atoms with E-state index in [2.05, 4.69) is 15.0 Å². The number of nitrogens with two attached hydrogens (primary N) is 2. The third-order valence-electron chi connectivity index (χ3n) is 6.98. The number of amides is 1. The molecule has 0 bridgehead atoms. The van der Waals surface area contributed by atoms with Crippen LogP contribution < -0.4 is 16.2 Å². The van der Waals surface area contributed by atoms with Crippen molar-refractivity contribution in [3.05, 3.63) is 42.5 Å². The number of anilines is 2. The Labute approximate surface area is 199 Å². The van der Waals surface area contributed by atoms with Crippen LogP contribution in [0.2, 0.25) is 0 Å². The molecular formula is C20H23N7O7S. The van der Waals surface area contributed by atoms with E-state index in [0.29, 0.717) is 0 Å². The zero-order valence-electron chi connectivity index (χ0n) is 18.6. The zero-order valence-corrected chi connectivity index (χ0v) is 19.4. The van der Waals surface area contributed by atoms with Gasteiger partial charge in [0.2, 0.25) is 0 Å². The Balaban J connectivity index is 1.38. The molecule has 0 radical (unpaired) electrons. The molecule has 1 aliphatic carbocycles. The van der Waals surface area contributed by atoms with E-state index in [4.69, 9.17) is 20.4 Å². The lowest BCUT2D eigenvalue weighted by molar-refractivity contribution is -0.120. The van der Waals surface area contributed by atoms with Crippen LogP contribution in [0, 0.1) is 5.41 Å². The van der Waals surface area contributed by atoms with Crippen LogP contribution in [0.5, 0.6) is 0 Å². The average Bonchev–Trinajstić information content (AvgIpc) is 3.15. The first kappa shape index (κ1) is 23.4. The van der Waals surface area contributed by atoms with Gasteiger partial charge in [0.1, 0.15) is 29.2 Å². The monoisotopic (exact) mass is 505 g/mol. The Morgan fingerprint density at radius 2 is 1.91 bits per heavy atom. The van der Waals surface area contributed by atoms with Crippen LogP contribution in [0.25, 0.3) is 11.2 Å². The maximum atomic E-state index is 12.4. The molecule has 14 nitrogen and oxygen atoms in total. The smallest absolute Gasteiger partial charge is 0.362 e. The first-order valence-electron chi connectivity index (χ1n) is 10.4. The van der Waals surface area contributed by atoms with Gasteiger partial charge >= 0.3 is 10.3 Å². The van der Waals surface area contributed by atoms with Crippen LogP contribution in [-0.2, 0) is 19.2 Å². The standard InChI is InChI=1S/C20H23N7O7S/c1-18(2)19(29)12(7-33-35(31,32)26-16(28)10-5-3-4-6-11(10)21)34-17(20(18,19)30)27-9-25-13-14(22)23-8-24-15(13)27/h3-6,8-9,12,17,29-30H,7,21H2,1-2H3,(H,26,28)(H2,22,23,24)/t12-,17-,19+,20-/m1/s1. The molecule has 1 aliphatic heterocycles. The molecule has 1 saturated carbocycles. The zero-order chi connectivity index (χ0) is 25.4. The molecule has 2 fully saturated rings. The maximum absolute atomic E-state index is 12.4. The Morgan fingerprint density at radius 1 is 1.20 bits per heavy atom. The van der Waals surface area contributed by atoms with Crippen molar-refractivity contribution in [3.63, 3.8) is 0 Å². The highest BCUT2D eigenvalue weighted by atomic mass is 32.2. The number of benzene rings is 1. The summed E-state index contributed by atoms with van der Waals surface area (Å²) in [5.74, 6) is -0.873. The molecule has 1 saturated heterocycles. The number of hydrogen-bond acceptors (Lipinski definition) is 12. The van der Waals surface area contributed by atoms with E-state index in [1.165, 1.54) is 35.4 Å². The molecule has 1 aromatic carbocycles. The normalized spacial score (nSPS) is 29.1. The topological polar surface area (TPSA) is 218 Å². The highest BCUT2D eigenvalue weighted by Crippen LogP contribution is 2.75. The van der Waals surface area contributed by atoms with Gasteiger partial charge in [-0.3, -0.25) is 13.5 Å². The van der Waals surface area contributed by atoms with E-state index in [1.807, 2.05) is 0 Å². The Morgan fingerprint density at radius 3 is 2.63 bits per heavy atom. The molecule has 15 heteroatoms. The van der Waals surface area contributed by atoms with Crippen LogP contribution in [0.1, 0.15) is 30.4 Å². The summed E-state index contributed by atoms with van der Waals surface area (Å²) >= 11 is 0. The fourth-order valence-electron chi connectivity index (χ4n) is 4.92. The summed E-state index contributed by atoms with van der Waals surface area (Å²) in [5.41, 5.74) is 7.24. The van der Waals surface area contributed by atoms with Gasteiger partial charge < -0.3 is 26.4 Å². The van der Waals surface area contributed by atoms with E-state index in [9.17, 15) is 23.4 Å². The van der Waals surface area contributed by atoms with Gasteiger partial charge in [-0.05, 0) is 12.1 Å². The molecule has 2 aliphatic rings. The largest absolute Gasteiger partial charge is 0.398 e. The summed E-state index contributed by atoms with van der Waals surface area (Å²) in [6.07, 6.45) is 0.0564. The Bertz CT molecular complexity index is 1460. The molecule has 7 N–H and O–H groups in total. The third kappa shape index (κ3) is 3.06. The Kier molecular flexibility index (Phi) is 4.89. The highest BCUT2D eigenvalue weighted by Gasteiger charge is 2.92. The fourth-order valence-corrected chi connectivity index (χ4v) is 5.61. The van der Waals surface area contributed by atoms with Gasteiger partial charge in [0, 0.05) is 11.1 Å². The number of rotatable bonds is 6. The minimum absolute atomic E-state index is 0.0542. The highest BCUT2D eigenvalue weighted by molar-refractivity contribution is 7.85. The van der Waals surface area contributed by atoms with E-state index < -0.39 is 51.8 Å². The van der Waals surface area contributed by atoms with Gasteiger partial charge in [-0.1, -0.05) is 26.0 Å². The number of ether oxygens (including phenoxy) is 1. The van der Waals surface area contributed by atoms with Gasteiger partial charge in [-0.25, -0.2) is 19.7 Å². The summed E-state index contributed by atoms with van der Waals surface area (Å²) in [4.78, 5) is 24.5. The van der Waals surface area contributed by atoms with Crippen LogP contribution in [0.15, 0.2) is 36.9 Å². The Hall–Kier alpha value is -3.37. The number of aromatic nitrogens is 4. The van der Waals surface area contributed by atoms with Crippen LogP contribution in [0.3, 0.4) is 0 Å². The number of carbonyl (C=O) groups excluding carboxylic acids is 1. The minimum atomic E-state index is -4.62. The van der Waals surface area contributed by atoms with Gasteiger partial charge in [0.15, 0.2) is 17.7 Å². The van der Waals surface area contributed by atoms with Gasteiger partial charge in [0.05, 0.1) is 18.5 Å². The molecule has 1 amide bonds. The lowest BCUT2D eigenvalue weighted by Crippen LogP contribution is -2.40. The number of nitrogen functional groups attached to an aromatic ring is 2. The molecule has 186 valence electrons. The second kappa shape index (κ2) is 7.32. The van der Waals surface area contributed by atoms with Crippen molar-refractivity contribution in [1.29, 1.82) is 0 Å². The minimum Gasteiger partial charge on any atom is -0.398 e. The summed E-state index contributed by atoms with van der Waals surface area (Å²) in [7, 11) is -4.62. The molecule has 4 atom stereocenters. The molecule has 35 heavy (non-hydrogen) atoms. The van der Waals surface area contributed by atoms with E-state index in [1.54, 1.807) is 24.6 Å². The number of aliphatic hydroxyl groups is 2. The molecule has 0 spiro atoms. The lowest BCUT2D eigenvalue weighted by atomic mass is 10.0. The number of imidazole rings is 1. The SMILES string of the molecule is CC1(C)[C@]2(O)[C@H](n3cnc4c(N)ncnc43)O[C@H](COS(=O)(=O)NC(=O)c3ccccc3N)[C@]12O. The molecular weight excluding hydrogens is 482 g/mol. The van der Waals surface area contributed by atoms with Gasteiger partial charge in [0.25, 0.3) is 5.91 Å². The van der Waals surface area contributed by atoms with Crippen LogP contribution in [0.4, 0.5) is 11.5 Å². The van der Waals surface area contributed by atoms with Crippen molar-refractivity contribution in [2.75, 3.05) is 18.1 Å². The van der Waals surface area contributed by atoms with Crippen molar-refractivity contribution < 1.29 is 32.3 Å². The van der Waals surface area contributed by atoms with Crippen molar-refractivity contribution >= 4 is 38.9 Å². The van der Waals surface area contributed by atoms with Gasteiger partial charge in [-0.2, -0.15) is 8.42 Å². The predicted octanol–water partition coefficient (Wildman–Crippen LogP) is -0.918. The number of fused-ring (bicyclic) bond motifs is 2. The second-order valence-corrected chi connectivity index (χ2v) is 10.3. The molecule has 5 rings (SSSR count). The third-order valence-corrected chi connectivity index (χ3v) is 7.86. The molecule has 3 heterocycles. The van der Waals surface area contributed by atoms with Gasteiger partial charge in [-0.15, -0.1) is 0 Å². The predicted molar refractivity (Wildman–Crippen MR) is 121 cm³/mol. The van der Waals surface area contributed by atoms with Crippen molar-refractivity contribution in [2.45, 2.75) is 37.4 Å². The lowest BCUT2D eigenvalue weighted by Gasteiger charge is -2.27. The molecule has 0 unspecified atom stereocenters. The van der Waals surface area contributed by atoms with Crippen LogP contribution >= 0.6 is 0 Å². The number of para-hydroxylation sites is 1. The number of carbonyl (C=O) groups is 1. The van der Waals surface area contributed by atoms with E-state index in [0.717, 1.165) is 0 Å². The van der Waals surface area contributed by atoms with Crippen molar-refractivity contribution in [2.24, 2.45) is 5.41 Å².